The van der Waals surface area contributed by atoms with Crippen LogP contribution in [-0.2, 0) is 20.9 Å². The lowest BCUT2D eigenvalue weighted by molar-refractivity contribution is 0.0696. The van der Waals surface area contributed by atoms with Crippen LogP contribution in [0.2, 0.25) is 18.1 Å². The van der Waals surface area contributed by atoms with Gasteiger partial charge in [-0.15, -0.1) is 0 Å². The van der Waals surface area contributed by atoms with Crippen LogP contribution in [0.5, 0.6) is 5.75 Å². The zero-order valence-corrected chi connectivity index (χ0v) is 24.3. The number of hydrogen-bond acceptors (Lipinski definition) is 6. The Bertz CT molecular complexity index is 1190. The molecule has 1 atom stereocenters. The summed E-state index contributed by atoms with van der Waals surface area (Å²) >= 11 is 0. The standard InChI is InChI=1S/C26H40N2O6SSi/c1-25(2,3)36(7,8)34-23(19-12-13-22(29)21(15-19)28-35(6,32)33)17-27-26(4,5)16-18-10-9-11-20(14-18)24(30)31/h9-15,23,27-29H,16-17H2,1-8H3,(H,30,31)/t23-/m1/s1. The smallest absolute Gasteiger partial charge is 0.335 e. The molecule has 0 saturated heterocycles. The Balaban J connectivity index is 2.34. The monoisotopic (exact) mass is 536 g/mol. The van der Waals surface area contributed by atoms with Crippen molar-refractivity contribution in [2.75, 3.05) is 17.5 Å². The normalized spacial score (nSPS) is 13.9. The van der Waals surface area contributed by atoms with Gasteiger partial charge >= 0.3 is 5.97 Å². The van der Waals surface area contributed by atoms with Crippen molar-refractivity contribution in [2.24, 2.45) is 0 Å². The zero-order valence-electron chi connectivity index (χ0n) is 22.5. The molecular weight excluding hydrogens is 496 g/mol. The quantitative estimate of drug-likeness (QED) is 0.232. The van der Waals surface area contributed by atoms with E-state index < -0.39 is 36.0 Å². The van der Waals surface area contributed by atoms with Crippen molar-refractivity contribution >= 4 is 30.0 Å². The summed E-state index contributed by atoms with van der Waals surface area (Å²) < 4.78 is 32.7. The summed E-state index contributed by atoms with van der Waals surface area (Å²) in [4.78, 5) is 11.4. The van der Waals surface area contributed by atoms with Gasteiger partial charge in [-0.1, -0.05) is 39.0 Å². The van der Waals surface area contributed by atoms with E-state index in [2.05, 4.69) is 43.9 Å². The van der Waals surface area contributed by atoms with Crippen LogP contribution in [0.4, 0.5) is 5.69 Å². The minimum Gasteiger partial charge on any atom is -0.506 e. The molecule has 0 bridgehead atoms. The molecule has 0 fully saturated rings. The second-order valence-electron chi connectivity index (χ2n) is 11.5. The molecule has 0 aliphatic heterocycles. The van der Waals surface area contributed by atoms with Gasteiger partial charge in [-0.05, 0) is 73.8 Å². The molecule has 0 unspecified atom stereocenters. The van der Waals surface area contributed by atoms with Crippen molar-refractivity contribution in [1.82, 2.24) is 5.32 Å². The maximum absolute atomic E-state index is 11.8. The third-order valence-corrected chi connectivity index (χ3v) is 11.6. The number of rotatable bonds is 11. The maximum atomic E-state index is 11.8. The fourth-order valence-electron chi connectivity index (χ4n) is 3.55. The molecule has 0 amide bonds. The average molecular weight is 537 g/mol. The molecule has 36 heavy (non-hydrogen) atoms. The molecule has 2 aromatic carbocycles. The Labute approximate surface area is 216 Å². The first-order valence-corrected chi connectivity index (χ1v) is 16.7. The number of carbonyl (C=O) groups is 1. The van der Waals surface area contributed by atoms with Crippen molar-refractivity contribution in [2.45, 2.75) is 70.8 Å². The van der Waals surface area contributed by atoms with Crippen LogP contribution in [0.15, 0.2) is 42.5 Å². The van der Waals surface area contributed by atoms with Gasteiger partial charge in [0.05, 0.1) is 23.6 Å². The summed E-state index contributed by atoms with van der Waals surface area (Å²) in [5, 5.41) is 23.0. The van der Waals surface area contributed by atoms with E-state index in [4.69, 9.17) is 4.43 Å². The molecule has 200 valence electrons. The number of phenols is 1. The molecule has 8 nitrogen and oxygen atoms in total. The van der Waals surface area contributed by atoms with Crippen LogP contribution in [0.1, 0.15) is 62.2 Å². The van der Waals surface area contributed by atoms with E-state index in [0.717, 1.165) is 17.4 Å². The van der Waals surface area contributed by atoms with Gasteiger partial charge in [0, 0.05) is 12.1 Å². The molecule has 0 radical (unpaired) electrons. The van der Waals surface area contributed by atoms with Crippen LogP contribution in [-0.4, -0.2) is 51.3 Å². The van der Waals surface area contributed by atoms with Crippen molar-refractivity contribution < 1.29 is 27.9 Å². The Morgan fingerprint density at radius 2 is 1.72 bits per heavy atom. The number of carboxylic acid groups (broad SMARTS) is 1. The van der Waals surface area contributed by atoms with Crippen molar-refractivity contribution in [3.63, 3.8) is 0 Å². The Hall–Kier alpha value is -2.40. The van der Waals surface area contributed by atoms with Crippen molar-refractivity contribution in [1.29, 1.82) is 0 Å². The highest BCUT2D eigenvalue weighted by Gasteiger charge is 2.40. The van der Waals surface area contributed by atoms with Crippen molar-refractivity contribution in [3.8, 4) is 5.75 Å². The number of phenolic OH excluding ortho intramolecular Hbond substituents is 1. The molecule has 4 N–H and O–H groups in total. The van der Waals surface area contributed by atoms with Crippen LogP contribution in [0.3, 0.4) is 0 Å². The number of aromatic carboxylic acids is 1. The molecule has 2 aromatic rings. The SMILES string of the molecule is CC(C)(Cc1cccc(C(=O)O)c1)NC[C@@H](O[Si](C)(C)C(C)(C)C)c1ccc(O)c(NS(C)(=O)=O)c1. The number of hydrogen-bond donors (Lipinski definition) is 4. The van der Waals surface area contributed by atoms with Gasteiger partial charge in [0.15, 0.2) is 8.32 Å². The molecule has 0 aliphatic rings. The molecule has 0 heterocycles. The maximum Gasteiger partial charge on any atom is 0.335 e. The van der Waals surface area contributed by atoms with Gasteiger partial charge in [-0.3, -0.25) is 4.72 Å². The fourth-order valence-corrected chi connectivity index (χ4v) is 5.40. The van der Waals surface area contributed by atoms with Crippen LogP contribution >= 0.6 is 0 Å². The van der Waals surface area contributed by atoms with E-state index in [-0.39, 0.29) is 22.0 Å². The summed E-state index contributed by atoms with van der Waals surface area (Å²) in [6.07, 6.45) is 1.22. The molecule has 2 rings (SSSR count). The van der Waals surface area contributed by atoms with Crippen molar-refractivity contribution in [3.05, 3.63) is 59.2 Å². The van der Waals surface area contributed by atoms with Gasteiger partial charge in [-0.2, -0.15) is 0 Å². The second-order valence-corrected chi connectivity index (χ2v) is 18.0. The van der Waals surface area contributed by atoms with Gasteiger partial charge in [-0.25, -0.2) is 13.2 Å². The van der Waals surface area contributed by atoms with E-state index in [1.807, 2.05) is 19.9 Å². The van der Waals surface area contributed by atoms with Gasteiger partial charge in [0.2, 0.25) is 10.0 Å². The highest BCUT2D eigenvalue weighted by molar-refractivity contribution is 7.92. The minimum atomic E-state index is -3.58. The minimum absolute atomic E-state index is 0.0528. The average Bonchev–Trinajstić information content (AvgIpc) is 2.71. The number of anilines is 1. The summed E-state index contributed by atoms with van der Waals surface area (Å²) in [7, 11) is -5.81. The topological polar surface area (TPSA) is 125 Å². The largest absolute Gasteiger partial charge is 0.506 e. The lowest BCUT2D eigenvalue weighted by atomic mass is 9.93. The second kappa shape index (κ2) is 10.9. The Morgan fingerprint density at radius 1 is 1.08 bits per heavy atom. The van der Waals surface area contributed by atoms with E-state index in [1.165, 1.54) is 6.07 Å². The Kier molecular flexibility index (Phi) is 9.04. The number of nitrogens with one attached hydrogen (secondary N) is 2. The summed E-state index contributed by atoms with van der Waals surface area (Å²) in [5.74, 6) is -1.13. The number of benzene rings is 2. The third-order valence-electron chi connectivity index (χ3n) is 6.52. The Morgan fingerprint density at radius 3 is 2.28 bits per heavy atom. The highest BCUT2D eigenvalue weighted by atomic mass is 32.2. The number of carboxylic acids is 1. The zero-order chi connectivity index (χ0) is 27.5. The first-order chi connectivity index (χ1) is 16.3. The predicted molar refractivity (Wildman–Crippen MR) is 147 cm³/mol. The first kappa shape index (κ1) is 29.8. The highest BCUT2D eigenvalue weighted by Crippen LogP contribution is 2.40. The molecule has 0 aromatic heterocycles. The van der Waals surface area contributed by atoms with Crippen LogP contribution in [0.25, 0.3) is 0 Å². The molecule has 0 saturated carbocycles. The van der Waals surface area contributed by atoms with Gasteiger partial charge < -0.3 is 20.0 Å². The van der Waals surface area contributed by atoms with Crippen LogP contribution in [0, 0.1) is 0 Å². The first-order valence-electron chi connectivity index (χ1n) is 11.9. The molecule has 0 aliphatic carbocycles. The lowest BCUT2D eigenvalue weighted by Gasteiger charge is -2.40. The van der Waals surface area contributed by atoms with Gasteiger partial charge in [0.25, 0.3) is 0 Å². The van der Waals surface area contributed by atoms with Gasteiger partial charge in [0.1, 0.15) is 5.75 Å². The molecule has 10 heteroatoms. The molecule has 0 spiro atoms. The number of aromatic hydroxyl groups is 1. The van der Waals surface area contributed by atoms with E-state index in [9.17, 15) is 23.4 Å². The third kappa shape index (κ3) is 8.61. The molecular formula is C26H40N2O6SSi. The number of sulfonamides is 1. The summed E-state index contributed by atoms with van der Waals surface area (Å²) in [6.45, 7) is 15.3. The van der Waals surface area contributed by atoms with E-state index >= 15 is 0 Å². The lowest BCUT2D eigenvalue weighted by Crippen LogP contribution is -2.47. The summed E-state index contributed by atoms with van der Waals surface area (Å²) in [6, 6.07) is 11.7. The predicted octanol–water partition coefficient (Wildman–Crippen LogP) is 5.14. The fraction of sp³-hybridized carbons (Fsp3) is 0.500. The summed E-state index contributed by atoms with van der Waals surface area (Å²) in [5.41, 5.74) is 1.59. The van der Waals surface area contributed by atoms with Crippen LogP contribution < -0.4 is 10.0 Å². The van der Waals surface area contributed by atoms with E-state index in [0.29, 0.717) is 13.0 Å². The van der Waals surface area contributed by atoms with E-state index in [1.54, 1.807) is 30.3 Å².